The van der Waals surface area contributed by atoms with Gasteiger partial charge in [0.1, 0.15) is 0 Å². The minimum Gasteiger partial charge on any atom is -0.325 e. The predicted octanol–water partition coefficient (Wildman–Crippen LogP) is 4.82. The van der Waals surface area contributed by atoms with E-state index in [0.717, 1.165) is 19.3 Å². The van der Waals surface area contributed by atoms with Crippen LogP contribution in [0.15, 0.2) is 30.3 Å². The largest absolute Gasteiger partial charge is 0.523 e. The number of carbonyl (C=O) groups excluding carboxylic acids is 2. The third-order valence-electron chi connectivity index (χ3n) is 7.29. The first-order valence-corrected chi connectivity index (χ1v) is 14.2. The van der Waals surface area contributed by atoms with Crippen molar-refractivity contribution in [3.05, 3.63) is 47.2 Å². The number of hydrogen-bond acceptors (Lipinski definition) is 4. The Hall–Kier alpha value is -2.53. The number of aromatic amines is 1. The summed E-state index contributed by atoms with van der Waals surface area (Å²) in [5.41, 5.74) is 0.279. The third-order valence-corrected chi connectivity index (χ3v) is 10.2. The minimum atomic E-state index is -5.00. The van der Waals surface area contributed by atoms with Gasteiger partial charge in [0.15, 0.2) is 11.9 Å². The topological polar surface area (TPSA) is 87.3 Å². The van der Waals surface area contributed by atoms with Gasteiger partial charge in [0.25, 0.3) is 5.91 Å². The summed E-state index contributed by atoms with van der Waals surface area (Å²) in [7, 11) is -1.19. The highest BCUT2D eigenvalue weighted by Gasteiger charge is 2.52. The second-order valence-electron chi connectivity index (χ2n) is 10.4. The van der Waals surface area contributed by atoms with Gasteiger partial charge in [0, 0.05) is 5.56 Å². The number of H-pyrrole nitrogens is 1. The van der Waals surface area contributed by atoms with E-state index in [1.807, 2.05) is 0 Å². The van der Waals surface area contributed by atoms with E-state index in [2.05, 4.69) is 39.0 Å². The van der Waals surface area contributed by atoms with Crippen molar-refractivity contribution in [2.45, 2.75) is 62.4 Å². The molecule has 0 radical (unpaired) electrons. The number of amides is 2. The summed E-state index contributed by atoms with van der Waals surface area (Å²) in [4.78, 5) is 28.1. The second-order valence-corrected chi connectivity index (χ2v) is 14.9. The molecule has 0 saturated heterocycles. The Morgan fingerprint density at radius 3 is 2.31 bits per heavy atom. The Bertz CT molecular complexity index is 1120. The lowest BCUT2D eigenvalue weighted by Gasteiger charge is -2.53. The lowest BCUT2D eigenvalue weighted by Crippen LogP contribution is -2.51. The highest BCUT2D eigenvalue weighted by Crippen LogP contribution is 2.60. The maximum absolute atomic E-state index is 13.5. The third kappa shape index (κ3) is 4.44. The van der Waals surface area contributed by atoms with Crippen LogP contribution in [0.2, 0.25) is 0 Å². The molecule has 2 aliphatic rings. The summed E-state index contributed by atoms with van der Waals surface area (Å²) in [5.74, 6) is -0.600. The molecule has 2 heterocycles. The number of hydrogen-bond donors (Lipinski definition) is 2. The lowest BCUT2D eigenvalue weighted by molar-refractivity contribution is -0.341. The standard InChI is InChI=1S/C24H31F3N4O3S/c1-22(2)18-16(19(30-29-18)28-21(33)23(12-9-13-23)35(3,4)5)14-31(22)20(32)17(34-24(25,26)27)15-10-7-6-8-11-15/h6-8,10-11,17H,9,12-14H2,1-5H3,(H2,28,29,30,33). The fourth-order valence-corrected chi connectivity index (χ4v) is 7.09. The summed E-state index contributed by atoms with van der Waals surface area (Å²) in [6, 6.07) is 7.61. The Morgan fingerprint density at radius 2 is 1.80 bits per heavy atom. The van der Waals surface area contributed by atoms with E-state index in [4.69, 9.17) is 0 Å². The summed E-state index contributed by atoms with van der Waals surface area (Å²) in [5, 5.41) is 10.2. The van der Waals surface area contributed by atoms with Gasteiger partial charge in [-0.2, -0.15) is 5.10 Å². The van der Waals surface area contributed by atoms with E-state index < -0.39 is 38.7 Å². The van der Waals surface area contributed by atoms with Crippen molar-refractivity contribution in [1.82, 2.24) is 15.1 Å². The molecule has 1 aliphatic heterocycles. The van der Waals surface area contributed by atoms with Crippen molar-refractivity contribution in [2.75, 3.05) is 24.1 Å². The molecule has 1 saturated carbocycles. The molecule has 35 heavy (non-hydrogen) atoms. The molecule has 192 valence electrons. The van der Waals surface area contributed by atoms with Crippen molar-refractivity contribution in [2.24, 2.45) is 0 Å². The van der Waals surface area contributed by atoms with Gasteiger partial charge in [-0.25, -0.2) is 10.0 Å². The molecule has 7 nitrogen and oxygen atoms in total. The van der Waals surface area contributed by atoms with Crippen LogP contribution in [0.1, 0.15) is 56.0 Å². The number of carbonyl (C=O) groups is 2. The lowest BCUT2D eigenvalue weighted by atomic mass is 9.83. The van der Waals surface area contributed by atoms with Crippen LogP contribution in [0.25, 0.3) is 0 Å². The Labute approximate surface area is 204 Å². The number of alkyl halides is 3. The molecule has 1 unspecified atom stereocenters. The van der Waals surface area contributed by atoms with Crippen LogP contribution in [0.5, 0.6) is 0 Å². The molecular formula is C24H31F3N4O3S. The molecule has 2 aromatic rings. The smallest absolute Gasteiger partial charge is 0.325 e. The van der Waals surface area contributed by atoms with Gasteiger partial charge in [-0.15, -0.1) is 13.2 Å². The summed E-state index contributed by atoms with van der Waals surface area (Å²) in [6.45, 7) is 3.44. The fraction of sp³-hybridized carbons (Fsp3) is 0.542. The van der Waals surface area contributed by atoms with Gasteiger partial charge >= 0.3 is 6.36 Å². The van der Waals surface area contributed by atoms with Gasteiger partial charge < -0.3 is 10.2 Å². The highest BCUT2D eigenvalue weighted by atomic mass is 32.3. The van der Waals surface area contributed by atoms with E-state index >= 15 is 0 Å². The molecule has 2 N–H and O–H groups in total. The van der Waals surface area contributed by atoms with Crippen molar-refractivity contribution >= 4 is 27.7 Å². The molecule has 2 amide bonds. The van der Waals surface area contributed by atoms with Crippen LogP contribution >= 0.6 is 10.0 Å². The van der Waals surface area contributed by atoms with Gasteiger partial charge in [-0.3, -0.25) is 19.4 Å². The van der Waals surface area contributed by atoms with E-state index in [-0.39, 0.29) is 18.0 Å². The van der Waals surface area contributed by atoms with Gasteiger partial charge in [-0.1, -0.05) is 30.3 Å². The van der Waals surface area contributed by atoms with Crippen LogP contribution in [-0.4, -0.2) is 56.8 Å². The molecule has 4 rings (SSSR count). The number of nitrogens with zero attached hydrogens (tertiary/aromatic N) is 2. The first-order valence-electron chi connectivity index (χ1n) is 11.4. The molecule has 1 atom stereocenters. The molecule has 1 aliphatic carbocycles. The van der Waals surface area contributed by atoms with Crippen molar-refractivity contribution in [3.8, 4) is 0 Å². The highest BCUT2D eigenvalue weighted by molar-refractivity contribution is 8.33. The maximum atomic E-state index is 13.5. The van der Waals surface area contributed by atoms with Crippen LogP contribution in [0, 0.1) is 0 Å². The number of aromatic nitrogens is 2. The summed E-state index contributed by atoms with van der Waals surface area (Å²) >= 11 is 0. The Balaban J connectivity index is 1.61. The Morgan fingerprint density at radius 1 is 1.17 bits per heavy atom. The van der Waals surface area contributed by atoms with Gasteiger partial charge in [0.2, 0.25) is 5.91 Å². The summed E-state index contributed by atoms with van der Waals surface area (Å²) < 4.78 is 43.6. The van der Waals surface area contributed by atoms with Gasteiger partial charge in [-0.05, 0) is 57.4 Å². The number of anilines is 1. The van der Waals surface area contributed by atoms with Crippen molar-refractivity contribution in [3.63, 3.8) is 0 Å². The normalized spacial score (nSPS) is 20.1. The molecular weight excluding hydrogens is 481 g/mol. The molecule has 0 bridgehead atoms. The first-order chi connectivity index (χ1) is 16.2. The zero-order chi connectivity index (χ0) is 25.8. The van der Waals surface area contributed by atoms with Crippen LogP contribution in [0.3, 0.4) is 0 Å². The Kier molecular flexibility index (Phi) is 6.24. The van der Waals surface area contributed by atoms with Crippen LogP contribution in [-0.2, 0) is 26.4 Å². The number of benzene rings is 1. The zero-order valence-electron chi connectivity index (χ0n) is 20.5. The van der Waals surface area contributed by atoms with Crippen LogP contribution in [0.4, 0.5) is 19.0 Å². The van der Waals surface area contributed by atoms with Gasteiger partial charge in [0.05, 0.1) is 22.5 Å². The number of ether oxygens (including phenoxy) is 1. The van der Waals surface area contributed by atoms with E-state index in [1.165, 1.54) is 17.0 Å². The van der Waals surface area contributed by atoms with Crippen LogP contribution < -0.4 is 5.32 Å². The number of rotatable bonds is 6. The predicted molar refractivity (Wildman–Crippen MR) is 129 cm³/mol. The zero-order valence-corrected chi connectivity index (χ0v) is 21.3. The number of halogens is 3. The number of nitrogens with one attached hydrogen (secondary N) is 2. The number of fused-ring (bicyclic) bond motifs is 1. The molecule has 1 aromatic heterocycles. The monoisotopic (exact) mass is 512 g/mol. The average Bonchev–Trinajstić information content (AvgIpc) is 3.22. The van der Waals surface area contributed by atoms with E-state index in [0.29, 0.717) is 17.1 Å². The van der Waals surface area contributed by atoms with Crippen molar-refractivity contribution < 1.29 is 27.5 Å². The molecule has 0 spiro atoms. The fourth-order valence-electron chi connectivity index (χ4n) is 4.97. The summed E-state index contributed by atoms with van der Waals surface area (Å²) in [6.07, 6.45) is 2.13. The maximum Gasteiger partial charge on any atom is 0.523 e. The molecule has 11 heteroatoms. The average molecular weight is 513 g/mol. The molecule has 1 aromatic carbocycles. The van der Waals surface area contributed by atoms with E-state index in [1.54, 1.807) is 32.0 Å². The minimum absolute atomic E-state index is 0.00674. The quantitative estimate of drug-likeness (QED) is 0.581. The molecule has 1 fully saturated rings. The SMILES string of the molecule is CC1(C)c2[nH]nc(NC(=O)C3(S(C)(C)C)CCC3)c2CN1C(=O)C(OC(F)(F)F)c1ccccc1. The van der Waals surface area contributed by atoms with E-state index in [9.17, 15) is 22.8 Å². The second kappa shape index (κ2) is 8.55. The first kappa shape index (κ1) is 25.6. The van der Waals surface area contributed by atoms with Crippen molar-refractivity contribution in [1.29, 1.82) is 0 Å².